The molecular formula is C19H24FN2O8P. The Hall–Kier alpha value is -2.14. The minimum absolute atomic E-state index is 0.0172. The summed E-state index contributed by atoms with van der Waals surface area (Å²) in [5, 5.41) is 10.1. The van der Waals surface area contributed by atoms with Gasteiger partial charge in [-0.2, -0.15) is 4.39 Å². The summed E-state index contributed by atoms with van der Waals surface area (Å²) >= 11 is 0. The molecule has 4 atom stereocenters. The van der Waals surface area contributed by atoms with E-state index in [2.05, 4.69) is 0 Å². The van der Waals surface area contributed by atoms with Gasteiger partial charge in [-0.25, -0.2) is 9.36 Å². The molecule has 1 aliphatic rings. The van der Waals surface area contributed by atoms with Crippen molar-refractivity contribution in [3.63, 3.8) is 0 Å². The monoisotopic (exact) mass is 458 g/mol. The largest absolute Gasteiger partial charge is 0.472 e. The minimum atomic E-state index is -4.37. The maximum atomic E-state index is 13.4. The van der Waals surface area contributed by atoms with Gasteiger partial charge in [-0.05, 0) is 24.8 Å². The average Bonchev–Trinajstić information content (AvgIpc) is 3.10. The van der Waals surface area contributed by atoms with Gasteiger partial charge in [-0.3, -0.25) is 23.4 Å². The Morgan fingerprint density at radius 1 is 1.23 bits per heavy atom. The molecule has 1 unspecified atom stereocenters. The summed E-state index contributed by atoms with van der Waals surface area (Å²) in [5.41, 5.74) is -0.909. The molecule has 0 aliphatic carbocycles. The van der Waals surface area contributed by atoms with Crippen LogP contribution in [0, 0.1) is 5.82 Å². The van der Waals surface area contributed by atoms with Crippen LogP contribution in [0.15, 0.2) is 46.1 Å². The lowest BCUT2D eigenvalue weighted by molar-refractivity contribution is -0.0468. The highest BCUT2D eigenvalue weighted by molar-refractivity contribution is 7.47. The molecule has 0 radical (unpaired) electrons. The quantitative estimate of drug-likeness (QED) is 0.359. The van der Waals surface area contributed by atoms with Crippen molar-refractivity contribution >= 4 is 7.82 Å². The maximum Gasteiger partial charge on any atom is 0.472 e. The van der Waals surface area contributed by atoms with Crippen molar-refractivity contribution in [2.75, 3.05) is 13.2 Å². The zero-order valence-electron chi connectivity index (χ0n) is 16.6. The van der Waals surface area contributed by atoms with Crippen LogP contribution in [0.3, 0.4) is 0 Å². The second-order valence-electron chi connectivity index (χ2n) is 7.12. The van der Waals surface area contributed by atoms with E-state index in [0.29, 0.717) is 12.6 Å². The average molecular weight is 458 g/mol. The van der Waals surface area contributed by atoms with E-state index in [9.17, 15) is 28.5 Å². The Morgan fingerprint density at radius 3 is 2.71 bits per heavy atom. The molecule has 1 saturated heterocycles. The molecule has 10 nitrogen and oxygen atoms in total. The molecule has 1 aromatic heterocycles. The number of aliphatic hydroxyl groups excluding tert-OH is 1. The number of aromatic nitrogens is 2. The van der Waals surface area contributed by atoms with Crippen LogP contribution in [0.2, 0.25) is 0 Å². The Labute approximate surface area is 176 Å². The highest BCUT2D eigenvalue weighted by Crippen LogP contribution is 2.44. The number of phosphoric ester groups is 1. The van der Waals surface area contributed by atoms with Gasteiger partial charge in [0.15, 0.2) is 0 Å². The standard InChI is InChI=1S/C19H24FN2O8P/c20-14-11-22(19(25)21-18(14)24)17-10-15(23)16(30-17)12-29-31(26,27)28-9-5-4-8-13-6-2-1-3-7-13/h1-3,6-7,11,15-17,23H,4-5,8-10,12H2,(H,26,27)(H,21,24,25)/t15-,16+,17+/m0/s1. The number of aliphatic hydroxyl groups is 1. The lowest BCUT2D eigenvalue weighted by Gasteiger charge is -2.18. The van der Waals surface area contributed by atoms with Crippen LogP contribution < -0.4 is 11.2 Å². The van der Waals surface area contributed by atoms with Gasteiger partial charge >= 0.3 is 13.5 Å². The van der Waals surface area contributed by atoms with E-state index in [1.807, 2.05) is 30.3 Å². The number of halogens is 1. The Morgan fingerprint density at radius 2 is 1.97 bits per heavy atom. The zero-order chi connectivity index (χ0) is 22.4. The Balaban J connectivity index is 1.43. The molecule has 1 fully saturated rings. The molecule has 1 aliphatic heterocycles. The normalized spacial score (nSPS) is 23.0. The van der Waals surface area contributed by atoms with E-state index < -0.39 is 49.9 Å². The fourth-order valence-electron chi connectivity index (χ4n) is 3.17. The van der Waals surface area contributed by atoms with Gasteiger partial charge in [0.25, 0.3) is 5.56 Å². The number of aryl methyl sites for hydroxylation is 1. The summed E-state index contributed by atoms with van der Waals surface area (Å²) in [5.74, 6) is -1.18. The van der Waals surface area contributed by atoms with Crippen LogP contribution in [0.5, 0.6) is 0 Å². The van der Waals surface area contributed by atoms with Gasteiger partial charge < -0.3 is 14.7 Å². The third-order valence-electron chi connectivity index (χ3n) is 4.80. The van der Waals surface area contributed by atoms with Crippen molar-refractivity contribution in [3.05, 3.63) is 68.7 Å². The minimum Gasteiger partial charge on any atom is -0.390 e. The molecule has 0 amide bonds. The van der Waals surface area contributed by atoms with Crippen LogP contribution in [0.1, 0.15) is 31.1 Å². The number of hydrogen-bond donors (Lipinski definition) is 3. The van der Waals surface area contributed by atoms with Crippen molar-refractivity contribution in [1.29, 1.82) is 0 Å². The lowest BCUT2D eigenvalue weighted by atomic mass is 10.1. The third-order valence-corrected chi connectivity index (χ3v) is 5.78. The number of benzene rings is 1. The first-order valence-corrected chi connectivity index (χ1v) is 11.2. The van der Waals surface area contributed by atoms with E-state index in [1.165, 1.54) is 0 Å². The summed E-state index contributed by atoms with van der Waals surface area (Å²) < 4.78 is 41.5. The molecule has 0 spiro atoms. The van der Waals surface area contributed by atoms with Gasteiger partial charge in [0.1, 0.15) is 12.3 Å². The molecule has 3 N–H and O–H groups in total. The van der Waals surface area contributed by atoms with Crippen LogP contribution >= 0.6 is 7.82 Å². The topological polar surface area (TPSA) is 140 Å². The summed E-state index contributed by atoms with van der Waals surface area (Å²) in [6.45, 7) is -0.459. The molecule has 0 saturated carbocycles. The van der Waals surface area contributed by atoms with Crippen LogP contribution in [0.4, 0.5) is 4.39 Å². The molecule has 0 bridgehead atoms. The summed E-state index contributed by atoms with van der Waals surface area (Å²) in [7, 11) is -4.37. The van der Waals surface area contributed by atoms with Crippen molar-refractivity contribution in [3.8, 4) is 0 Å². The number of unbranched alkanes of at least 4 members (excludes halogenated alkanes) is 1. The number of rotatable bonds is 10. The number of ether oxygens (including phenoxy) is 1. The molecule has 3 rings (SSSR count). The fourth-order valence-corrected chi connectivity index (χ4v) is 3.94. The molecular weight excluding hydrogens is 434 g/mol. The SMILES string of the molecule is O=c1[nH]c(=O)n([C@H]2C[C@H](O)[C@@H](COP(=O)(O)OCCCCc3ccccc3)O2)cc1F. The number of nitrogens with one attached hydrogen (secondary N) is 1. The predicted molar refractivity (Wildman–Crippen MR) is 107 cm³/mol. The van der Waals surface area contributed by atoms with Crippen LogP contribution in [0.25, 0.3) is 0 Å². The van der Waals surface area contributed by atoms with E-state index in [-0.39, 0.29) is 13.0 Å². The Bertz CT molecular complexity index is 1030. The summed E-state index contributed by atoms with van der Waals surface area (Å²) in [6, 6.07) is 9.80. The second kappa shape index (κ2) is 10.4. The highest BCUT2D eigenvalue weighted by atomic mass is 31.2. The maximum absolute atomic E-state index is 13.4. The fraction of sp³-hybridized carbons (Fsp3) is 0.474. The number of aromatic amines is 1. The van der Waals surface area contributed by atoms with Gasteiger partial charge in [-0.15, -0.1) is 0 Å². The second-order valence-corrected chi connectivity index (χ2v) is 8.57. The predicted octanol–water partition coefficient (Wildman–Crippen LogP) is 1.48. The van der Waals surface area contributed by atoms with E-state index >= 15 is 0 Å². The van der Waals surface area contributed by atoms with Crippen LogP contribution in [-0.2, 0) is 24.8 Å². The molecule has 2 aromatic rings. The van der Waals surface area contributed by atoms with Crippen molar-refractivity contribution in [2.24, 2.45) is 0 Å². The lowest BCUT2D eigenvalue weighted by Crippen LogP contribution is -2.34. The summed E-state index contributed by atoms with van der Waals surface area (Å²) in [6.07, 6.45) is -0.553. The van der Waals surface area contributed by atoms with E-state index in [0.717, 1.165) is 23.0 Å². The molecule has 12 heteroatoms. The van der Waals surface area contributed by atoms with Gasteiger partial charge in [0.2, 0.25) is 5.82 Å². The molecule has 31 heavy (non-hydrogen) atoms. The van der Waals surface area contributed by atoms with Gasteiger partial charge in [0, 0.05) is 6.42 Å². The van der Waals surface area contributed by atoms with Crippen LogP contribution in [-0.4, -0.2) is 45.0 Å². The van der Waals surface area contributed by atoms with E-state index in [1.54, 1.807) is 4.98 Å². The smallest absolute Gasteiger partial charge is 0.390 e. The summed E-state index contributed by atoms with van der Waals surface area (Å²) in [4.78, 5) is 34.5. The molecule has 2 heterocycles. The Kier molecular flexibility index (Phi) is 7.93. The number of hydrogen-bond acceptors (Lipinski definition) is 7. The first-order valence-electron chi connectivity index (χ1n) is 9.75. The number of H-pyrrole nitrogens is 1. The number of nitrogens with zero attached hydrogens (tertiary/aromatic N) is 1. The highest BCUT2D eigenvalue weighted by Gasteiger charge is 2.37. The van der Waals surface area contributed by atoms with E-state index in [4.69, 9.17) is 13.8 Å². The van der Waals surface area contributed by atoms with Crippen molar-refractivity contribution in [2.45, 2.75) is 44.1 Å². The third kappa shape index (κ3) is 6.67. The zero-order valence-corrected chi connectivity index (χ0v) is 17.4. The molecule has 1 aromatic carbocycles. The van der Waals surface area contributed by atoms with Gasteiger partial charge in [0.05, 0.1) is 25.5 Å². The number of phosphoric acid groups is 1. The molecule has 170 valence electrons. The van der Waals surface area contributed by atoms with Crippen molar-refractivity contribution < 1.29 is 32.7 Å². The first kappa shape index (κ1) is 23.5. The van der Waals surface area contributed by atoms with Gasteiger partial charge in [-0.1, -0.05) is 30.3 Å². The van der Waals surface area contributed by atoms with Crippen molar-refractivity contribution in [1.82, 2.24) is 9.55 Å². The first-order chi connectivity index (χ1) is 14.7.